The number of rotatable bonds is 3. The van der Waals surface area contributed by atoms with Crippen LogP contribution in [0.15, 0.2) is 24.3 Å². The van der Waals surface area contributed by atoms with Gasteiger partial charge in [0.1, 0.15) is 11.6 Å². The van der Waals surface area contributed by atoms with E-state index in [0.717, 1.165) is 12.0 Å². The smallest absolute Gasteiger partial charge is 0.411 e. The monoisotopic (exact) mass is 361 g/mol. The zero-order chi connectivity index (χ0) is 19.7. The second-order valence-electron chi connectivity index (χ2n) is 9.24. The van der Waals surface area contributed by atoms with E-state index < -0.39 is 23.7 Å². The van der Waals surface area contributed by atoms with Gasteiger partial charge in [0.15, 0.2) is 0 Å². The molecule has 1 saturated heterocycles. The van der Waals surface area contributed by atoms with Gasteiger partial charge in [0.05, 0.1) is 0 Å². The topological polar surface area (TPSA) is 66.8 Å². The Morgan fingerprint density at radius 2 is 1.69 bits per heavy atom. The number of aliphatic carboxylic acids is 1. The van der Waals surface area contributed by atoms with Gasteiger partial charge >= 0.3 is 12.1 Å². The van der Waals surface area contributed by atoms with Crippen LogP contribution in [0.4, 0.5) is 4.79 Å². The van der Waals surface area contributed by atoms with Gasteiger partial charge in [0, 0.05) is 6.54 Å². The van der Waals surface area contributed by atoms with Crippen molar-refractivity contribution in [3.05, 3.63) is 35.4 Å². The van der Waals surface area contributed by atoms with Crippen LogP contribution >= 0.6 is 0 Å². The van der Waals surface area contributed by atoms with Crippen molar-refractivity contribution in [2.75, 3.05) is 6.54 Å². The molecule has 0 unspecified atom stereocenters. The first kappa shape index (κ1) is 20.3. The van der Waals surface area contributed by atoms with Crippen molar-refractivity contribution in [1.82, 2.24) is 4.90 Å². The second-order valence-corrected chi connectivity index (χ2v) is 9.24. The third kappa shape index (κ3) is 5.23. The lowest BCUT2D eigenvalue weighted by atomic mass is 9.86. The number of benzene rings is 1. The van der Waals surface area contributed by atoms with Crippen LogP contribution in [0, 0.1) is 5.92 Å². The summed E-state index contributed by atoms with van der Waals surface area (Å²) in [6, 6.07) is 7.65. The summed E-state index contributed by atoms with van der Waals surface area (Å²) in [4.78, 5) is 25.3. The van der Waals surface area contributed by atoms with Crippen LogP contribution in [0.2, 0.25) is 0 Å². The molecule has 1 aromatic carbocycles. The Bertz CT molecular complexity index is 652. The van der Waals surface area contributed by atoms with Gasteiger partial charge in [-0.15, -0.1) is 0 Å². The number of hydrogen-bond acceptors (Lipinski definition) is 3. The zero-order valence-electron chi connectivity index (χ0n) is 16.7. The molecule has 2 atom stereocenters. The molecule has 1 amide bonds. The van der Waals surface area contributed by atoms with Crippen molar-refractivity contribution in [2.24, 2.45) is 5.92 Å². The number of ether oxygens (including phenoxy) is 1. The van der Waals surface area contributed by atoms with E-state index in [1.165, 1.54) is 10.5 Å². The maximum Gasteiger partial charge on any atom is 0.411 e. The number of likely N-dealkylation sites (tertiary alicyclic amines) is 1. The van der Waals surface area contributed by atoms with Gasteiger partial charge in [-0.25, -0.2) is 9.59 Å². The van der Waals surface area contributed by atoms with E-state index in [1.54, 1.807) is 20.8 Å². The fourth-order valence-corrected chi connectivity index (χ4v) is 3.30. The number of nitrogens with zero attached hydrogens (tertiary/aromatic N) is 1. The Morgan fingerprint density at radius 3 is 2.15 bits per heavy atom. The summed E-state index contributed by atoms with van der Waals surface area (Å²) in [6.45, 7) is 12.3. The molecular weight excluding hydrogens is 330 g/mol. The number of carbonyl (C=O) groups is 2. The molecule has 2 rings (SSSR count). The molecule has 1 N–H and O–H groups in total. The molecule has 26 heavy (non-hydrogen) atoms. The SMILES string of the molecule is CC(C)(C)OC(=O)N1C[C@H](Cc2ccc(C(C)(C)C)cc2)C[C@@H]1C(=O)O. The highest BCUT2D eigenvalue weighted by atomic mass is 16.6. The molecule has 0 radical (unpaired) electrons. The lowest BCUT2D eigenvalue weighted by Crippen LogP contribution is -2.43. The summed E-state index contributed by atoms with van der Waals surface area (Å²) in [7, 11) is 0. The van der Waals surface area contributed by atoms with E-state index in [1.807, 2.05) is 0 Å². The number of amides is 1. The molecule has 0 aliphatic carbocycles. The normalized spacial score (nSPS) is 20.9. The molecule has 0 aromatic heterocycles. The van der Waals surface area contributed by atoms with Crippen LogP contribution in [0.25, 0.3) is 0 Å². The van der Waals surface area contributed by atoms with E-state index in [-0.39, 0.29) is 11.3 Å². The Morgan fingerprint density at radius 1 is 1.12 bits per heavy atom. The number of carboxylic acid groups (broad SMARTS) is 1. The van der Waals surface area contributed by atoms with Gasteiger partial charge in [-0.05, 0) is 56.1 Å². The van der Waals surface area contributed by atoms with Crippen LogP contribution < -0.4 is 0 Å². The third-order valence-corrected chi connectivity index (χ3v) is 4.65. The first-order chi connectivity index (χ1) is 11.9. The van der Waals surface area contributed by atoms with Crippen LogP contribution in [-0.4, -0.2) is 40.3 Å². The van der Waals surface area contributed by atoms with Crippen molar-refractivity contribution in [3.63, 3.8) is 0 Å². The highest BCUT2D eigenvalue weighted by Gasteiger charge is 2.41. The quantitative estimate of drug-likeness (QED) is 0.874. The van der Waals surface area contributed by atoms with Gasteiger partial charge < -0.3 is 9.84 Å². The molecule has 1 aliphatic heterocycles. The molecule has 0 spiro atoms. The number of carbonyl (C=O) groups excluding carboxylic acids is 1. The summed E-state index contributed by atoms with van der Waals surface area (Å²) in [6.07, 6.45) is 0.666. The minimum absolute atomic E-state index is 0.105. The fourth-order valence-electron chi connectivity index (χ4n) is 3.30. The summed E-state index contributed by atoms with van der Waals surface area (Å²) in [5.74, 6) is -0.856. The minimum Gasteiger partial charge on any atom is -0.480 e. The summed E-state index contributed by atoms with van der Waals surface area (Å²) < 4.78 is 5.38. The maximum absolute atomic E-state index is 12.4. The summed E-state index contributed by atoms with van der Waals surface area (Å²) >= 11 is 0. The number of carboxylic acids is 1. The van der Waals surface area contributed by atoms with Crippen molar-refractivity contribution in [3.8, 4) is 0 Å². The van der Waals surface area contributed by atoms with Gasteiger partial charge in [0.25, 0.3) is 0 Å². The highest BCUT2D eigenvalue weighted by Crippen LogP contribution is 2.29. The summed E-state index contributed by atoms with van der Waals surface area (Å²) in [5.41, 5.74) is 1.90. The molecular formula is C21H31NO4. The predicted octanol–water partition coefficient (Wildman–Crippen LogP) is 4.24. The molecule has 5 nitrogen and oxygen atoms in total. The molecule has 5 heteroatoms. The molecule has 1 heterocycles. The highest BCUT2D eigenvalue weighted by molar-refractivity contribution is 5.81. The van der Waals surface area contributed by atoms with Gasteiger partial charge in [-0.2, -0.15) is 0 Å². The second kappa shape index (κ2) is 7.29. The van der Waals surface area contributed by atoms with Crippen molar-refractivity contribution in [2.45, 2.75) is 71.4 Å². The lowest BCUT2D eigenvalue weighted by Gasteiger charge is -2.26. The van der Waals surface area contributed by atoms with Crippen LogP contribution in [0.5, 0.6) is 0 Å². The van der Waals surface area contributed by atoms with E-state index in [2.05, 4.69) is 45.0 Å². The molecule has 0 saturated carbocycles. The predicted molar refractivity (Wildman–Crippen MR) is 101 cm³/mol. The van der Waals surface area contributed by atoms with Crippen LogP contribution in [0.1, 0.15) is 59.1 Å². The third-order valence-electron chi connectivity index (χ3n) is 4.65. The van der Waals surface area contributed by atoms with Crippen LogP contribution in [0.3, 0.4) is 0 Å². The van der Waals surface area contributed by atoms with E-state index in [0.29, 0.717) is 13.0 Å². The van der Waals surface area contributed by atoms with E-state index in [9.17, 15) is 14.7 Å². The van der Waals surface area contributed by atoms with Crippen molar-refractivity contribution >= 4 is 12.1 Å². The standard InChI is InChI=1S/C21H31NO4/c1-20(2,3)16-9-7-14(8-10-16)11-15-12-17(18(23)24)22(13-15)19(25)26-21(4,5)6/h7-10,15,17H,11-13H2,1-6H3,(H,23,24)/t15-,17-/m1/s1. The zero-order valence-corrected chi connectivity index (χ0v) is 16.7. The molecule has 1 aromatic rings. The average Bonchev–Trinajstić information content (AvgIpc) is 2.89. The first-order valence-corrected chi connectivity index (χ1v) is 9.18. The Labute approximate surface area is 156 Å². The average molecular weight is 361 g/mol. The largest absolute Gasteiger partial charge is 0.480 e. The molecule has 144 valence electrons. The van der Waals surface area contributed by atoms with E-state index in [4.69, 9.17) is 4.74 Å². The Kier molecular flexibility index (Phi) is 5.69. The summed E-state index contributed by atoms with van der Waals surface area (Å²) in [5, 5.41) is 9.49. The Balaban J connectivity index is 2.07. The first-order valence-electron chi connectivity index (χ1n) is 9.18. The van der Waals surface area contributed by atoms with Gasteiger partial charge in [-0.1, -0.05) is 45.0 Å². The van der Waals surface area contributed by atoms with Gasteiger partial charge in [-0.3, -0.25) is 4.90 Å². The molecule has 1 fully saturated rings. The van der Waals surface area contributed by atoms with Crippen molar-refractivity contribution in [1.29, 1.82) is 0 Å². The Hall–Kier alpha value is -2.04. The lowest BCUT2D eigenvalue weighted by molar-refractivity contribution is -0.142. The fraction of sp³-hybridized carbons (Fsp3) is 0.619. The maximum atomic E-state index is 12.4. The van der Waals surface area contributed by atoms with Crippen LogP contribution in [-0.2, 0) is 21.4 Å². The molecule has 0 bridgehead atoms. The van der Waals surface area contributed by atoms with Gasteiger partial charge in [0.2, 0.25) is 0 Å². The van der Waals surface area contributed by atoms with E-state index >= 15 is 0 Å². The van der Waals surface area contributed by atoms with Crippen molar-refractivity contribution < 1.29 is 19.4 Å². The molecule has 1 aliphatic rings. The minimum atomic E-state index is -0.971. The number of hydrogen-bond donors (Lipinski definition) is 1.